The highest BCUT2D eigenvalue weighted by molar-refractivity contribution is 5.84. The van der Waals surface area contributed by atoms with Crippen LogP contribution in [-0.4, -0.2) is 44.1 Å². The fourth-order valence-electron chi connectivity index (χ4n) is 5.88. The number of carbonyl (C=O) groups is 1. The van der Waals surface area contributed by atoms with E-state index in [0.717, 1.165) is 56.5 Å². The zero-order valence-electron chi connectivity index (χ0n) is 19.7. The van der Waals surface area contributed by atoms with Gasteiger partial charge in [0.2, 0.25) is 5.91 Å². The monoisotopic (exact) mass is 434 g/mol. The van der Waals surface area contributed by atoms with Crippen LogP contribution in [0.15, 0.2) is 48.5 Å². The van der Waals surface area contributed by atoms with Gasteiger partial charge in [-0.05, 0) is 69.3 Å². The summed E-state index contributed by atoms with van der Waals surface area (Å²) in [4.78, 5) is 16.4. The van der Waals surface area contributed by atoms with Crippen molar-refractivity contribution >= 4 is 5.91 Å². The summed E-state index contributed by atoms with van der Waals surface area (Å²) < 4.78 is 5.82. The van der Waals surface area contributed by atoms with Crippen LogP contribution in [0, 0.1) is 0 Å². The van der Waals surface area contributed by atoms with Crippen LogP contribution in [0.3, 0.4) is 0 Å². The topological polar surface area (TPSA) is 41.6 Å². The molecule has 1 aliphatic carbocycles. The molecular weight excluding hydrogens is 396 g/mol. The van der Waals surface area contributed by atoms with Crippen LogP contribution in [0.4, 0.5) is 0 Å². The molecule has 1 aliphatic heterocycles. The number of likely N-dealkylation sites (tertiary alicyclic amines) is 1. The van der Waals surface area contributed by atoms with Crippen molar-refractivity contribution in [2.45, 2.75) is 69.2 Å². The van der Waals surface area contributed by atoms with Crippen LogP contribution in [0.2, 0.25) is 0 Å². The standard InChI is InChI=1S/C28H38N2O2/c1-29-19-18-23(21-11-5-3-6-12-21)28(31)30-20-8-4-7-16-25(30)24-15-9-13-22-14-10-17-26(32-2)27(22)24/h3,5-6,10-12,14,17,23-25,29H,4,7-9,13,15-16,18-20H2,1-2H3. The number of hydrogen-bond donors (Lipinski definition) is 1. The number of benzene rings is 2. The maximum atomic E-state index is 14.1. The van der Waals surface area contributed by atoms with Crippen molar-refractivity contribution in [2.75, 3.05) is 27.2 Å². The van der Waals surface area contributed by atoms with E-state index in [9.17, 15) is 4.79 Å². The summed E-state index contributed by atoms with van der Waals surface area (Å²) in [7, 11) is 3.74. The van der Waals surface area contributed by atoms with E-state index in [0.29, 0.717) is 11.8 Å². The molecule has 1 amide bonds. The summed E-state index contributed by atoms with van der Waals surface area (Å²) >= 11 is 0. The van der Waals surface area contributed by atoms with E-state index in [1.165, 1.54) is 30.4 Å². The van der Waals surface area contributed by atoms with Crippen molar-refractivity contribution in [2.24, 2.45) is 0 Å². The normalized spacial score (nSPS) is 22.0. The van der Waals surface area contributed by atoms with Gasteiger partial charge in [0, 0.05) is 24.1 Å². The largest absolute Gasteiger partial charge is 0.496 e. The van der Waals surface area contributed by atoms with Gasteiger partial charge < -0.3 is 15.0 Å². The van der Waals surface area contributed by atoms with Crippen LogP contribution >= 0.6 is 0 Å². The Balaban J connectivity index is 1.69. The average molecular weight is 435 g/mol. The number of hydrogen-bond acceptors (Lipinski definition) is 3. The fourth-order valence-corrected chi connectivity index (χ4v) is 5.88. The molecule has 172 valence electrons. The van der Waals surface area contributed by atoms with Crippen LogP contribution in [-0.2, 0) is 11.2 Å². The van der Waals surface area contributed by atoms with Gasteiger partial charge in [-0.2, -0.15) is 0 Å². The van der Waals surface area contributed by atoms with E-state index in [1.807, 2.05) is 13.1 Å². The summed E-state index contributed by atoms with van der Waals surface area (Å²) in [6.45, 7) is 1.71. The van der Waals surface area contributed by atoms with Crippen LogP contribution in [0.5, 0.6) is 5.75 Å². The molecule has 0 aromatic heterocycles. The molecule has 1 saturated heterocycles. The Bertz CT molecular complexity index is 868. The molecule has 0 spiro atoms. The molecule has 32 heavy (non-hydrogen) atoms. The summed E-state index contributed by atoms with van der Waals surface area (Å²) in [5.74, 6) is 1.57. The summed E-state index contributed by atoms with van der Waals surface area (Å²) in [6, 6.07) is 17.1. The Morgan fingerprint density at radius 2 is 1.91 bits per heavy atom. The number of amides is 1. The average Bonchev–Trinajstić information content (AvgIpc) is 3.10. The van der Waals surface area contributed by atoms with Crippen LogP contribution < -0.4 is 10.1 Å². The predicted molar refractivity (Wildman–Crippen MR) is 130 cm³/mol. The van der Waals surface area contributed by atoms with Gasteiger partial charge >= 0.3 is 0 Å². The maximum Gasteiger partial charge on any atom is 0.230 e. The molecule has 1 heterocycles. The lowest BCUT2D eigenvalue weighted by Gasteiger charge is -2.41. The third-order valence-electron chi connectivity index (χ3n) is 7.44. The van der Waals surface area contributed by atoms with Crippen molar-refractivity contribution in [3.8, 4) is 5.75 Å². The smallest absolute Gasteiger partial charge is 0.230 e. The third-order valence-corrected chi connectivity index (χ3v) is 7.44. The second kappa shape index (κ2) is 11.0. The first-order valence-corrected chi connectivity index (χ1v) is 12.4. The Kier molecular flexibility index (Phi) is 7.85. The maximum absolute atomic E-state index is 14.1. The molecule has 4 nitrogen and oxygen atoms in total. The lowest BCUT2D eigenvalue weighted by atomic mass is 9.76. The minimum atomic E-state index is -0.0926. The number of carbonyl (C=O) groups excluding carboxylic acids is 1. The number of ether oxygens (including phenoxy) is 1. The quantitative estimate of drug-likeness (QED) is 0.645. The Labute approximate surface area is 193 Å². The van der Waals surface area contributed by atoms with Gasteiger partial charge in [-0.3, -0.25) is 4.79 Å². The number of rotatable bonds is 7. The highest BCUT2D eigenvalue weighted by Crippen LogP contribution is 2.44. The van der Waals surface area contributed by atoms with E-state index in [4.69, 9.17) is 4.74 Å². The molecule has 1 fully saturated rings. The molecule has 3 atom stereocenters. The highest BCUT2D eigenvalue weighted by atomic mass is 16.5. The van der Waals surface area contributed by atoms with Crippen molar-refractivity contribution in [3.05, 3.63) is 65.2 Å². The molecule has 0 radical (unpaired) electrons. The van der Waals surface area contributed by atoms with Gasteiger partial charge in [0.1, 0.15) is 5.75 Å². The fraction of sp³-hybridized carbons (Fsp3) is 0.536. The number of nitrogens with one attached hydrogen (secondary N) is 1. The third kappa shape index (κ3) is 4.85. The Morgan fingerprint density at radius 3 is 2.69 bits per heavy atom. The lowest BCUT2D eigenvalue weighted by Crippen LogP contribution is -2.46. The van der Waals surface area contributed by atoms with Gasteiger partial charge in [0.25, 0.3) is 0 Å². The first-order chi connectivity index (χ1) is 15.7. The minimum absolute atomic E-state index is 0.0926. The van der Waals surface area contributed by atoms with Gasteiger partial charge in [-0.25, -0.2) is 0 Å². The molecule has 3 unspecified atom stereocenters. The second-order valence-corrected chi connectivity index (χ2v) is 9.34. The van der Waals surface area contributed by atoms with Crippen LogP contribution in [0.1, 0.15) is 73.5 Å². The highest BCUT2D eigenvalue weighted by Gasteiger charge is 2.38. The summed E-state index contributed by atoms with van der Waals surface area (Å²) in [5, 5.41) is 3.25. The molecule has 4 heteroatoms. The SMILES string of the molecule is CNCCC(C(=O)N1CCCCCC1C1CCCc2cccc(OC)c21)c1ccccc1. The molecule has 2 aromatic rings. The summed E-state index contributed by atoms with van der Waals surface area (Å²) in [6.07, 6.45) is 8.84. The second-order valence-electron chi connectivity index (χ2n) is 9.34. The number of methoxy groups -OCH3 is 1. The van der Waals surface area contributed by atoms with Crippen molar-refractivity contribution in [1.82, 2.24) is 10.2 Å². The number of fused-ring (bicyclic) bond motifs is 1. The van der Waals surface area contributed by atoms with Crippen molar-refractivity contribution < 1.29 is 9.53 Å². The first-order valence-electron chi connectivity index (χ1n) is 12.4. The molecule has 0 saturated carbocycles. The zero-order chi connectivity index (χ0) is 22.3. The van der Waals surface area contributed by atoms with E-state index in [-0.39, 0.29) is 12.0 Å². The van der Waals surface area contributed by atoms with Crippen LogP contribution in [0.25, 0.3) is 0 Å². The molecular formula is C28H38N2O2. The number of aryl methyl sites for hydroxylation is 1. The minimum Gasteiger partial charge on any atom is -0.496 e. The molecule has 1 N–H and O–H groups in total. The lowest BCUT2D eigenvalue weighted by molar-refractivity contribution is -0.136. The Hall–Kier alpha value is -2.33. The molecule has 4 rings (SSSR count). The molecule has 2 aliphatic rings. The van der Waals surface area contributed by atoms with E-state index >= 15 is 0 Å². The van der Waals surface area contributed by atoms with Gasteiger partial charge in [-0.1, -0.05) is 55.3 Å². The van der Waals surface area contributed by atoms with Gasteiger partial charge in [0.15, 0.2) is 0 Å². The molecule has 2 aromatic carbocycles. The van der Waals surface area contributed by atoms with Crippen molar-refractivity contribution in [1.29, 1.82) is 0 Å². The van der Waals surface area contributed by atoms with E-state index in [1.54, 1.807) is 7.11 Å². The number of nitrogens with zero attached hydrogens (tertiary/aromatic N) is 1. The zero-order valence-corrected chi connectivity index (χ0v) is 19.7. The van der Waals surface area contributed by atoms with Gasteiger partial charge in [-0.15, -0.1) is 0 Å². The Morgan fingerprint density at radius 1 is 1.06 bits per heavy atom. The van der Waals surface area contributed by atoms with Gasteiger partial charge in [0.05, 0.1) is 13.0 Å². The first kappa shape index (κ1) is 22.8. The summed E-state index contributed by atoms with van der Waals surface area (Å²) in [5.41, 5.74) is 3.90. The predicted octanol–water partition coefficient (Wildman–Crippen LogP) is 5.28. The van der Waals surface area contributed by atoms with E-state index < -0.39 is 0 Å². The van der Waals surface area contributed by atoms with Crippen molar-refractivity contribution in [3.63, 3.8) is 0 Å². The van der Waals surface area contributed by atoms with E-state index in [2.05, 4.69) is 52.7 Å². The molecule has 0 bridgehead atoms.